The maximum absolute atomic E-state index is 13.7. The van der Waals surface area contributed by atoms with Crippen molar-refractivity contribution in [3.05, 3.63) is 99.1 Å². The van der Waals surface area contributed by atoms with Crippen LogP contribution in [0, 0.1) is 5.82 Å². The summed E-state index contributed by atoms with van der Waals surface area (Å²) in [5, 5.41) is 0.245. The highest BCUT2D eigenvalue weighted by molar-refractivity contribution is 6.31. The highest BCUT2D eigenvalue weighted by atomic mass is 35.5. The van der Waals surface area contributed by atoms with Crippen LogP contribution in [-0.2, 0) is 0 Å². The van der Waals surface area contributed by atoms with Crippen LogP contribution in [0.2, 0.25) is 5.15 Å². The van der Waals surface area contributed by atoms with Crippen molar-refractivity contribution in [1.29, 1.82) is 0 Å². The second-order valence-corrected chi connectivity index (χ2v) is 6.56. The second kappa shape index (κ2) is 7.77. The smallest absolute Gasteiger partial charge is 0.266 e. The average Bonchev–Trinajstić information content (AvgIpc) is 2.74. The molecule has 0 aliphatic carbocycles. The van der Waals surface area contributed by atoms with E-state index in [1.54, 1.807) is 42.5 Å². The van der Waals surface area contributed by atoms with Gasteiger partial charge in [-0.1, -0.05) is 35.9 Å². The van der Waals surface area contributed by atoms with E-state index < -0.39 is 11.4 Å². The number of halogens is 2. The molecule has 0 aliphatic heterocycles. The minimum Gasteiger partial charge on any atom is -0.298 e. The van der Waals surface area contributed by atoms with Crippen molar-refractivity contribution in [3.63, 3.8) is 0 Å². The number of fused-ring (bicyclic) bond motifs is 1. The number of rotatable bonds is 4. The average molecular weight is 406 g/mol. The van der Waals surface area contributed by atoms with Crippen LogP contribution in [0.4, 0.5) is 4.39 Å². The van der Waals surface area contributed by atoms with E-state index in [2.05, 4.69) is 9.97 Å². The molecule has 5 nitrogen and oxygen atoms in total. The molecule has 29 heavy (non-hydrogen) atoms. The predicted molar refractivity (Wildman–Crippen MR) is 111 cm³/mol. The van der Waals surface area contributed by atoms with Gasteiger partial charge in [-0.25, -0.2) is 14.4 Å². The molecule has 0 bridgehead atoms. The molecule has 0 unspecified atom stereocenters. The second-order valence-electron chi connectivity index (χ2n) is 6.21. The van der Waals surface area contributed by atoms with E-state index in [1.165, 1.54) is 22.9 Å². The zero-order valence-electron chi connectivity index (χ0n) is 14.9. The van der Waals surface area contributed by atoms with Crippen molar-refractivity contribution < 1.29 is 9.18 Å². The Hall–Kier alpha value is -3.64. The first-order chi connectivity index (χ1) is 14.1. The van der Waals surface area contributed by atoms with Gasteiger partial charge in [0.25, 0.3) is 5.56 Å². The molecule has 0 saturated heterocycles. The van der Waals surface area contributed by atoms with Gasteiger partial charge in [-0.3, -0.25) is 14.2 Å². The molecular formula is C22H13ClFN3O2. The fraction of sp³-hybridized carbons (Fsp3) is 0. The molecule has 4 rings (SSSR count). The van der Waals surface area contributed by atoms with Crippen LogP contribution in [0.1, 0.15) is 21.7 Å². The van der Waals surface area contributed by atoms with E-state index in [4.69, 9.17) is 11.6 Å². The van der Waals surface area contributed by atoms with Gasteiger partial charge in [0, 0.05) is 11.8 Å². The number of benzene rings is 2. The van der Waals surface area contributed by atoms with Gasteiger partial charge in [0.2, 0.25) is 0 Å². The summed E-state index contributed by atoms with van der Waals surface area (Å²) >= 11 is 6.21. The molecule has 7 heteroatoms. The van der Waals surface area contributed by atoms with Gasteiger partial charge < -0.3 is 0 Å². The first-order valence-corrected chi connectivity index (χ1v) is 9.01. The molecule has 0 atom stereocenters. The Morgan fingerprint density at radius 3 is 2.62 bits per heavy atom. The molecule has 0 fully saturated rings. The number of pyridine rings is 1. The molecule has 0 aliphatic rings. The fourth-order valence-electron chi connectivity index (χ4n) is 2.97. The van der Waals surface area contributed by atoms with Gasteiger partial charge in [-0.15, -0.1) is 0 Å². The zero-order valence-corrected chi connectivity index (χ0v) is 15.7. The van der Waals surface area contributed by atoms with E-state index in [9.17, 15) is 14.0 Å². The SMILES string of the molecule is O=Cc1cccc(/C=C/c2nc3ccc(F)cc3c(=O)n2-c2cccnc2Cl)c1. The monoisotopic (exact) mass is 405 g/mol. The van der Waals surface area contributed by atoms with Gasteiger partial charge in [0.05, 0.1) is 16.6 Å². The minimum absolute atomic E-state index is 0.116. The standard InChI is InChI=1S/C22H13ClFN3O2/c23-21-19(5-2-10-25-21)27-20(9-6-14-3-1-4-15(11-14)13-28)26-18-8-7-16(24)12-17(18)22(27)29/h1-13H/b9-6+. The highest BCUT2D eigenvalue weighted by Crippen LogP contribution is 2.20. The van der Waals surface area contributed by atoms with Crippen molar-refractivity contribution in [2.75, 3.05) is 0 Å². The molecule has 4 aromatic rings. The molecule has 2 aromatic carbocycles. The summed E-state index contributed by atoms with van der Waals surface area (Å²) in [7, 11) is 0. The molecule has 2 heterocycles. The Morgan fingerprint density at radius 1 is 1.00 bits per heavy atom. The van der Waals surface area contributed by atoms with Gasteiger partial charge in [-0.2, -0.15) is 0 Å². The normalized spacial score (nSPS) is 11.2. The van der Waals surface area contributed by atoms with E-state index >= 15 is 0 Å². The molecule has 2 aromatic heterocycles. The van der Waals surface area contributed by atoms with Crippen LogP contribution < -0.4 is 5.56 Å². The van der Waals surface area contributed by atoms with Crippen LogP contribution in [0.25, 0.3) is 28.7 Å². The Bertz CT molecular complexity index is 1330. The third-order valence-corrected chi connectivity index (χ3v) is 4.60. The Kier molecular flexibility index (Phi) is 5.01. The number of carbonyl (C=O) groups is 1. The molecule has 142 valence electrons. The van der Waals surface area contributed by atoms with Crippen molar-refractivity contribution in [2.45, 2.75) is 0 Å². The summed E-state index contributed by atoms with van der Waals surface area (Å²) < 4.78 is 15.0. The summed E-state index contributed by atoms with van der Waals surface area (Å²) in [5.41, 5.74) is 1.51. The molecule has 0 radical (unpaired) electrons. The van der Waals surface area contributed by atoms with Gasteiger partial charge >= 0.3 is 0 Å². The maximum atomic E-state index is 13.7. The lowest BCUT2D eigenvalue weighted by atomic mass is 10.1. The fourth-order valence-corrected chi connectivity index (χ4v) is 3.17. The van der Waals surface area contributed by atoms with Crippen LogP contribution in [0.5, 0.6) is 0 Å². The van der Waals surface area contributed by atoms with Crippen molar-refractivity contribution in [2.24, 2.45) is 0 Å². The zero-order chi connectivity index (χ0) is 20.4. The molecular weight excluding hydrogens is 393 g/mol. The van der Waals surface area contributed by atoms with Crippen LogP contribution in [0.3, 0.4) is 0 Å². The van der Waals surface area contributed by atoms with Crippen LogP contribution in [-0.4, -0.2) is 20.8 Å². The molecule has 0 amide bonds. The number of nitrogens with zero attached hydrogens (tertiary/aromatic N) is 3. The number of aromatic nitrogens is 3. The number of hydrogen-bond donors (Lipinski definition) is 0. The lowest BCUT2D eigenvalue weighted by molar-refractivity contribution is 0.112. The topological polar surface area (TPSA) is 64.8 Å². The summed E-state index contributed by atoms with van der Waals surface area (Å²) in [6, 6.07) is 14.1. The Labute approximate surface area is 169 Å². The lowest BCUT2D eigenvalue weighted by Crippen LogP contribution is -2.23. The largest absolute Gasteiger partial charge is 0.298 e. The van der Waals surface area contributed by atoms with Crippen LogP contribution >= 0.6 is 11.6 Å². The third kappa shape index (κ3) is 3.70. The first kappa shape index (κ1) is 18.7. The minimum atomic E-state index is -0.533. The Morgan fingerprint density at radius 2 is 1.83 bits per heavy atom. The van der Waals surface area contributed by atoms with Gasteiger partial charge in [0.15, 0.2) is 5.15 Å². The predicted octanol–water partition coefficient (Wildman–Crippen LogP) is 4.56. The summed E-state index contributed by atoms with van der Waals surface area (Å²) in [6.45, 7) is 0. The van der Waals surface area contributed by atoms with E-state index in [0.717, 1.165) is 17.9 Å². The van der Waals surface area contributed by atoms with Gasteiger partial charge in [0.1, 0.15) is 17.9 Å². The molecule has 0 saturated carbocycles. The first-order valence-electron chi connectivity index (χ1n) is 8.63. The van der Waals surface area contributed by atoms with Crippen LogP contribution in [0.15, 0.2) is 65.6 Å². The third-order valence-electron chi connectivity index (χ3n) is 4.31. The Balaban J connectivity index is 1.96. The summed E-state index contributed by atoms with van der Waals surface area (Å²) in [5.74, 6) is -0.241. The van der Waals surface area contributed by atoms with Crippen molar-refractivity contribution in [3.8, 4) is 5.69 Å². The number of hydrogen-bond acceptors (Lipinski definition) is 4. The van der Waals surface area contributed by atoms with Crippen molar-refractivity contribution in [1.82, 2.24) is 14.5 Å². The van der Waals surface area contributed by atoms with Crippen molar-refractivity contribution >= 4 is 40.9 Å². The number of carbonyl (C=O) groups excluding carboxylic acids is 1. The van der Waals surface area contributed by atoms with Gasteiger partial charge in [-0.05, 0) is 48.0 Å². The summed E-state index contributed by atoms with van der Waals surface area (Å²) in [4.78, 5) is 32.7. The summed E-state index contributed by atoms with van der Waals surface area (Å²) in [6.07, 6.45) is 5.62. The number of aldehydes is 1. The van der Waals surface area contributed by atoms with E-state index in [-0.39, 0.29) is 10.5 Å². The van der Waals surface area contributed by atoms with E-state index in [0.29, 0.717) is 22.6 Å². The lowest BCUT2D eigenvalue weighted by Gasteiger charge is -2.12. The molecule has 0 N–H and O–H groups in total. The highest BCUT2D eigenvalue weighted by Gasteiger charge is 2.14. The molecule has 0 spiro atoms. The van der Waals surface area contributed by atoms with E-state index in [1.807, 2.05) is 6.07 Å². The maximum Gasteiger partial charge on any atom is 0.266 e. The quantitative estimate of drug-likeness (QED) is 0.369.